The van der Waals surface area contributed by atoms with E-state index in [2.05, 4.69) is 77.9 Å². The van der Waals surface area contributed by atoms with E-state index in [0.29, 0.717) is 0 Å². The van der Waals surface area contributed by atoms with E-state index >= 15 is 0 Å². The monoisotopic (exact) mass is 536 g/mol. The van der Waals surface area contributed by atoms with Crippen LogP contribution in [0.25, 0.3) is 33.4 Å². The Morgan fingerprint density at radius 3 is 1.20 bits per heavy atom. The Labute approximate surface area is 241 Å². The second-order valence-electron chi connectivity index (χ2n) is 12.8. The molecule has 2 aliphatic carbocycles. The summed E-state index contributed by atoms with van der Waals surface area (Å²) in [6, 6.07) is 14.4. The number of unbranched alkanes of at least 4 members (excludes halogenated alkanes) is 4. The number of hydrogen-bond donors (Lipinski definition) is 0. The molecule has 0 fully saturated rings. The van der Waals surface area contributed by atoms with Gasteiger partial charge in [-0.3, -0.25) is 0 Å². The first-order chi connectivity index (χ1) is 19.5. The first-order valence-electron chi connectivity index (χ1n) is 16.3. The molecule has 2 aliphatic rings. The standard InChI is InChI=1S/C38H48O2/c1-7-11-19-37(20-12-8-2)31-23-25(5)39-35(31)29-17-16-28-27(33(29)37)15-18-30-34(28)38(21-13-9-3,22-14-10-4)32-24-26(6)40-36(30)32/h15-18,23-24H,7-14,19-22H2,1-6H3. The highest BCUT2D eigenvalue weighted by Crippen LogP contribution is 2.61. The van der Waals surface area contributed by atoms with Gasteiger partial charge in [0.2, 0.25) is 0 Å². The summed E-state index contributed by atoms with van der Waals surface area (Å²) < 4.78 is 13.0. The third kappa shape index (κ3) is 3.88. The van der Waals surface area contributed by atoms with Crippen LogP contribution in [0, 0.1) is 13.8 Å². The minimum Gasteiger partial charge on any atom is -0.461 e. The average molecular weight is 537 g/mol. The molecule has 0 unspecified atom stereocenters. The van der Waals surface area contributed by atoms with Crippen LogP contribution < -0.4 is 0 Å². The van der Waals surface area contributed by atoms with Crippen molar-refractivity contribution >= 4 is 10.8 Å². The molecule has 0 saturated carbocycles. The third-order valence-electron chi connectivity index (χ3n) is 10.2. The van der Waals surface area contributed by atoms with Crippen molar-refractivity contribution in [3.05, 3.63) is 70.2 Å². The molecule has 0 radical (unpaired) electrons. The van der Waals surface area contributed by atoms with Crippen molar-refractivity contribution in [2.24, 2.45) is 0 Å². The molecule has 2 aromatic carbocycles. The van der Waals surface area contributed by atoms with Crippen LogP contribution in [-0.2, 0) is 10.8 Å². The lowest BCUT2D eigenvalue weighted by Gasteiger charge is -2.35. The molecule has 212 valence electrons. The van der Waals surface area contributed by atoms with Crippen molar-refractivity contribution in [1.29, 1.82) is 0 Å². The van der Waals surface area contributed by atoms with Crippen LogP contribution in [0.4, 0.5) is 0 Å². The van der Waals surface area contributed by atoms with Crippen LogP contribution in [-0.4, -0.2) is 0 Å². The maximum Gasteiger partial charge on any atom is 0.138 e. The maximum absolute atomic E-state index is 6.49. The number of rotatable bonds is 12. The van der Waals surface area contributed by atoms with Gasteiger partial charge in [0.1, 0.15) is 23.0 Å². The normalized spacial score (nSPS) is 15.8. The van der Waals surface area contributed by atoms with E-state index in [4.69, 9.17) is 8.83 Å². The van der Waals surface area contributed by atoms with E-state index in [1.165, 1.54) is 110 Å². The fourth-order valence-electron chi connectivity index (χ4n) is 8.43. The lowest BCUT2D eigenvalue weighted by molar-refractivity contribution is 0.414. The summed E-state index contributed by atoms with van der Waals surface area (Å²) >= 11 is 0. The summed E-state index contributed by atoms with van der Waals surface area (Å²) in [4.78, 5) is 0. The van der Waals surface area contributed by atoms with Crippen LogP contribution in [0.5, 0.6) is 0 Å². The molecule has 0 atom stereocenters. The van der Waals surface area contributed by atoms with Crippen molar-refractivity contribution in [1.82, 2.24) is 0 Å². The molecule has 4 aromatic rings. The van der Waals surface area contributed by atoms with E-state index in [1.807, 2.05) is 0 Å². The van der Waals surface area contributed by atoms with Crippen LogP contribution in [0.1, 0.15) is 139 Å². The van der Waals surface area contributed by atoms with Gasteiger partial charge in [0.15, 0.2) is 0 Å². The first-order valence-corrected chi connectivity index (χ1v) is 16.3. The maximum atomic E-state index is 6.49. The average Bonchev–Trinajstić information content (AvgIpc) is 3.67. The summed E-state index contributed by atoms with van der Waals surface area (Å²) in [5.74, 6) is 4.35. The van der Waals surface area contributed by atoms with Crippen molar-refractivity contribution in [2.75, 3.05) is 0 Å². The van der Waals surface area contributed by atoms with Crippen LogP contribution in [0.3, 0.4) is 0 Å². The van der Waals surface area contributed by atoms with Crippen LogP contribution >= 0.6 is 0 Å². The molecule has 2 nitrogen and oxygen atoms in total. The Morgan fingerprint density at radius 2 is 0.875 bits per heavy atom. The van der Waals surface area contributed by atoms with Gasteiger partial charge in [-0.15, -0.1) is 0 Å². The van der Waals surface area contributed by atoms with Gasteiger partial charge in [-0.05, 0) is 73.6 Å². The minimum atomic E-state index is 0.0272. The quantitative estimate of drug-likeness (QED) is 0.180. The minimum absolute atomic E-state index is 0.0272. The number of furan rings is 2. The van der Waals surface area contributed by atoms with E-state index in [1.54, 1.807) is 11.1 Å². The molecule has 2 heteroatoms. The molecule has 2 heterocycles. The summed E-state index contributed by atoms with van der Waals surface area (Å²) in [6.45, 7) is 13.6. The van der Waals surface area contributed by atoms with Gasteiger partial charge in [-0.1, -0.05) is 103 Å². The van der Waals surface area contributed by atoms with E-state index in [0.717, 1.165) is 23.0 Å². The van der Waals surface area contributed by atoms with E-state index in [-0.39, 0.29) is 10.8 Å². The molecular formula is C38H48O2. The Hall–Kier alpha value is -2.74. The predicted molar refractivity (Wildman–Crippen MR) is 168 cm³/mol. The van der Waals surface area contributed by atoms with Crippen molar-refractivity contribution in [3.63, 3.8) is 0 Å². The van der Waals surface area contributed by atoms with Gasteiger partial charge in [0, 0.05) is 33.1 Å². The molecule has 0 amide bonds. The Kier molecular flexibility index (Phi) is 7.26. The summed E-state index contributed by atoms with van der Waals surface area (Å²) in [5, 5.41) is 2.90. The molecule has 0 saturated heterocycles. The zero-order valence-corrected chi connectivity index (χ0v) is 25.8. The largest absolute Gasteiger partial charge is 0.461 e. The van der Waals surface area contributed by atoms with Crippen LogP contribution in [0.15, 0.2) is 45.2 Å². The second kappa shape index (κ2) is 10.6. The summed E-state index contributed by atoms with van der Waals surface area (Å²) in [5.41, 5.74) is 8.70. The number of aryl methyl sites for hydroxylation is 2. The molecular weight excluding hydrogens is 488 g/mol. The SMILES string of the molecule is CCCCC1(CCCC)c2cc(C)oc2-c2ccc3c4c(ccc3c21)-c1oc(C)cc1C4(CCCC)CCCC. The first kappa shape index (κ1) is 27.4. The van der Waals surface area contributed by atoms with Crippen LogP contribution in [0.2, 0.25) is 0 Å². The Morgan fingerprint density at radius 1 is 0.525 bits per heavy atom. The number of hydrogen-bond acceptors (Lipinski definition) is 2. The molecule has 0 aliphatic heterocycles. The fourth-order valence-corrected chi connectivity index (χ4v) is 8.43. The highest BCUT2D eigenvalue weighted by Gasteiger charge is 2.49. The lowest BCUT2D eigenvalue weighted by Crippen LogP contribution is -2.27. The number of fused-ring (bicyclic) bond motifs is 9. The molecule has 0 bridgehead atoms. The molecule has 40 heavy (non-hydrogen) atoms. The molecule has 0 N–H and O–H groups in total. The third-order valence-corrected chi connectivity index (χ3v) is 10.2. The lowest BCUT2D eigenvalue weighted by atomic mass is 9.67. The molecule has 2 aromatic heterocycles. The van der Waals surface area contributed by atoms with Gasteiger partial charge >= 0.3 is 0 Å². The zero-order chi connectivity index (χ0) is 28.1. The highest BCUT2D eigenvalue weighted by molar-refractivity contribution is 6.03. The highest BCUT2D eigenvalue weighted by atomic mass is 16.3. The molecule has 0 spiro atoms. The van der Waals surface area contributed by atoms with Crippen molar-refractivity contribution < 1.29 is 8.83 Å². The summed E-state index contributed by atoms with van der Waals surface area (Å²) in [7, 11) is 0. The van der Waals surface area contributed by atoms with E-state index in [9.17, 15) is 0 Å². The summed E-state index contributed by atoms with van der Waals surface area (Å²) in [6.07, 6.45) is 14.6. The van der Waals surface area contributed by atoms with Gasteiger partial charge in [0.05, 0.1) is 0 Å². The molecule has 6 rings (SSSR count). The fraction of sp³-hybridized carbons (Fsp3) is 0.526. The topological polar surface area (TPSA) is 26.3 Å². The van der Waals surface area contributed by atoms with Gasteiger partial charge in [-0.2, -0.15) is 0 Å². The van der Waals surface area contributed by atoms with Crippen molar-refractivity contribution in [3.8, 4) is 22.6 Å². The van der Waals surface area contributed by atoms with Crippen molar-refractivity contribution in [2.45, 2.75) is 129 Å². The van der Waals surface area contributed by atoms with Gasteiger partial charge in [-0.25, -0.2) is 0 Å². The number of benzene rings is 2. The predicted octanol–water partition coefficient (Wildman–Crippen LogP) is 11.9. The Bertz CT molecular complexity index is 1400. The Balaban J connectivity index is 1.67. The van der Waals surface area contributed by atoms with Gasteiger partial charge in [0.25, 0.3) is 0 Å². The zero-order valence-electron chi connectivity index (χ0n) is 25.8. The van der Waals surface area contributed by atoms with Gasteiger partial charge < -0.3 is 8.83 Å². The second-order valence-corrected chi connectivity index (χ2v) is 12.8. The van der Waals surface area contributed by atoms with E-state index < -0.39 is 0 Å². The smallest absolute Gasteiger partial charge is 0.138 e.